The van der Waals surface area contributed by atoms with Gasteiger partial charge in [-0.1, -0.05) is 29.8 Å². The lowest BCUT2D eigenvalue weighted by Gasteiger charge is -2.04. The molecule has 1 aliphatic heterocycles. The summed E-state index contributed by atoms with van der Waals surface area (Å²) in [6.45, 7) is 6.31. The van der Waals surface area contributed by atoms with Crippen molar-refractivity contribution < 1.29 is 0 Å². The summed E-state index contributed by atoms with van der Waals surface area (Å²) in [5.74, 6) is 0. The van der Waals surface area contributed by atoms with Gasteiger partial charge in [-0.15, -0.1) is 0 Å². The van der Waals surface area contributed by atoms with E-state index in [0.717, 1.165) is 6.42 Å². The van der Waals surface area contributed by atoms with Gasteiger partial charge in [-0.3, -0.25) is 4.99 Å². The highest BCUT2D eigenvalue weighted by molar-refractivity contribution is 5.98. The van der Waals surface area contributed by atoms with Crippen molar-refractivity contribution in [1.29, 1.82) is 0 Å². The van der Waals surface area contributed by atoms with Gasteiger partial charge in [0.1, 0.15) is 0 Å². The maximum atomic E-state index is 4.47. The minimum atomic E-state index is 1.01. The second kappa shape index (κ2) is 3.41. The van der Waals surface area contributed by atoms with Gasteiger partial charge in [-0.05, 0) is 31.9 Å². The maximum Gasteiger partial charge on any atom is 0.0413 e. The summed E-state index contributed by atoms with van der Waals surface area (Å²) in [5, 5.41) is 0. The van der Waals surface area contributed by atoms with E-state index in [1.54, 1.807) is 0 Å². The molecule has 1 aliphatic rings. The van der Waals surface area contributed by atoms with E-state index in [2.05, 4.69) is 50.0 Å². The zero-order valence-electron chi connectivity index (χ0n) is 8.96. The van der Waals surface area contributed by atoms with Crippen LogP contribution in [0.15, 0.2) is 35.0 Å². The van der Waals surface area contributed by atoms with Gasteiger partial charge in [0.2, 0.25) is 0 Å². The number of nitrogens with zero attached hydrogens (tertiary/aromatic N) is 1. The Hall–Kier alpha value is -1.37. The minimum absolute atomic E-state index is 1.01. The Morgan fingerprint density at radius 3 is 2.50 bits per heavy atom. The Balaban J connectivity index is 2.39. The summed E-state index contributed by atoms with van der Waals surface area (Å²) >= 11 is 0. The molecule has 14 heavy (non-hydrogen) atoms. The van der Waals surface area contributed by atoms with Gasteiger partial charge in [0.25, 0.3) is 0 Å². The molecule has 0 saturated heterocycles. The Labute approximate surface area is 85.2 Å². The molecule has 0 aliphatic carbocycles. The fraction of sp³-hybridized carbons (Fsp3) is 0.308. The van der Waals surface area contributed by atoms with Gasteiger partial charge in [0, 0.05) is 17.8 Å². The van der Waals surface area contributed by atoms with Crippen LogP contribution in [0.4, 0.5) is 0 Å². The lowest BCUT2D eigenvalue weighted by molar-refractivity contribution is 1.33. The molecule has 0 aromatic heterocycles. The molecule has 0 atom stereocenters. The van der Waals surface area contributed by atoms with Crippen LogP contribution in [0.2, 0.25) is 0 Å². The Morgan fingerprint density at radius 2 is 1.93 bits per heavy atom. The van der Waals surface area contributed by atoms with Crippen LogP contribution >= 0.6 is 0 Å². The highest BCUT2D eigenvalue weighted by Crippen LogP contribution is 2.29. The molecule has 0 bridgehead atoms. The van der Waals surface area contributed by atoms with Crippen molar-refractivity contribution >= 4 is 11.3 Å². The van der Waals surface area contributed by atoms with Gasteiger partial charge in [0.15, 0.2) is 0 Å². The molecule has 1 aromatic rings. The van der Waals surface area contributed by atoms with E-state index >= 15 is 0 Å². The second-order valence-corrected chi connectivity index (χ2v) is 3.96. The summed E-state index contributed by atoms with van der Waals surface area (Å²) in [6.07, 6.45) is 1.01. The molecule has 2 rings (SSSR count). The van der Waals surface area contributed by atoms with Crippen LogP contribution < -0.4 is 0 Å². The zero-order valence-corrected chi connectivity index (χ0v) is 8.96. The molecule has 0 saturated carbocycles. The lowest BCUT2D eigenvalue weighted by Crippen LogP contribution is -1.88. The minimum Gasteiger partial charge on any atom is -0.262 e. The standard InChI is InChI=1S/C13H15N/c1-9-5-4-6-12(7-9)13-8-10(2)14-11(13)3/h4-7H,8H2,1-3H3. The molecular weight excluding hydrogens is 170 g/mol. The molecule has 0 spiro atoms. The number of allylic oxidation sites excluding steroid dienone is 2. The fourth-order valence-electron chi connectivity index (χ4n) is 1.92. The number of rotatable bonds is 1. The molecule has 1 heterocycles. The molecule has 0 N–H and O–H groups in total. The van der Waals surface area contributed by atoms with Crippen LogP contribution in [0.5, 0.6) is 0 Å². The fourth-order valence-corrected chi connectivity index (χ4v) is 1.92. The number of aliphatic imine (C=N–C) groups is 1. The van der Waals surface area contributed by atoms with E-state index < -0.39 is 0 Å². The van der Waals surface area contributed by atoms with Crippen molar-refractivity contribution in [1.82, 2.24) is 0 Å². The SMILES string of the molecule is CC1=NC(C)=C(c2cccc(C)c2)C1. The molecule has 0 radical (unpaired) electrons. The first-order valence-corrected chi connectivity index (χ1v) is 4.98. The number of benzene rings is 1. The van der Waals surface area contributed by atoms with Crippen LogP contribution in [0.25, 0.3) is 5.57 Å². The maximum absolute atomic E-state index is 4.47. The molecule has 1 nitrogen and oxygen atoms in total. The first kappa shape index (κ1) is 9.20. The number of aryl methyl sites for hydroxylation is 1. The topological polar surface area (TPSA) is 12.4 Å². The molecule has 0 unspecified atom stereocenters. The molecular formula is C13H15N. The van der Waals surface area contributed by atoms with Crippen molar-refractivity contribution in [3.05, 3.63) is 41.1 Å². The van der Waals surface area contributed by atoms with Crippen molar-refractivity contribution in [2.45, 2.75) is 27.2 Å². The summed E-state index contributed by atoms with van der Waals surface area (Å²) in [4.78, 5) is 4.47. The molecule has 0 amide bonds. The van der Waals surface area contributed by atoms with Gasteiger partial charge < -0.3 is 0 Å². The Morgan fingerprint density at radius 1 is 1.14 bits per heavy atom. The van der Waals surface area contributed by atoms with E-state index in [4.69, 9.17) is 0 Å². The van der Waals surface area contributed by atoms with Crippen LogP contribution in [-0.4, -0.2) is 5.71 Å². The lowest BCUT2D eigenvalue weighted by atomic mass is 10.00. The van der Waals surface area contributed by atoms with Crippen LogP contribution in [0, 0.1) is 6.92 Å². The smallest absolute Gasteiger partial charge is 0.0413 e. The average molecular weight is 185 g/mol. The van der Waals surface area contributed by atoms with Crippen molar-refractivity contribution in [2.75, 3.05) is 0 Å². The molecule has 1 aromatic carbocycles. The van der Waals surface area contributed by atoms with Crippen molar-refractivity contribution in [3.8, 4) is 0 Å². The average Bonchev–Trinajstić information content (AvgIpc) is 2.45. The van der Waals surface area contributed by atoms with E-state index in [1.165, 1.54) is 28.1 Å². The quantitative estimate of drug-likeness (QED) is 0.634. The van der Waals surface area contributed by atoms with Crippen LogP contribution in [0.3, 0.4) is 0 Å². The largest absolute Gasteiger partial charge is 0.262 e. The first-order valence-electron chi connectivity index (χ1n) is 4.98. The normalized spacial score (nSPS) is 16.1. The predicted octanol–water partition coefficient (Wildman–Crippen LogP) is 3.59. The van der Waals surface area contributed by atoms with E-state index in [9.17, 15) is 0 Å². The third kappa shape index (κ3) is 1.63. The zero-order chi connectivity index (χ0) is 10.1. The second-order valence-electron chi connectivity index (χ2n) is 3.96. The van der Waals surface area contributed by atoms with Gasteiger partial charge in [0.05, 0.1) is 0 Å². The van der Waals surface area contributed by atoms with Gasteiger partial charge >= 0.3 is 0 Å². The third-order valence-corrected chi connectivity index (χ3v) is 2.59. The van der Waals surface area contributed by atoms with Gasteiger partial charge in [-0.25, -0.2) is 0 Å². The summed E-state index contributed by atoms with van der Waals surface area (Å²) in [5.41, 5.74) is 6.41. The summed E-state index contributed by atoms with van der Waals surface area (Å²) in [6, 6.07) is 8.63. The number of hydrogen-bond donors (Lipinski definition) is 0. The van der Waals surface area contributed by atoms with Crippen LogP contribution in [-0.2, 0) is 0 Å². The number of hydrogen-bond acceptors (Lipinski definition) is 1. The monoisotopic (exact) mass is 185 g/mol. The predicted molar refractivity (Wildman–Crippen MR) is 61.5 cm³/mol. The first-order chi connectivity index (χ1) is 6.66. The van der Waals surface area contributed by atoms with E-state index in [-0.39, 0.29) is 0 Å². The molecule has 72 valence electrons. The highest BCUT2D eigenvalue weighted by Gasteiger charge is 2.13. The van der Waals surface area contributed by atoms with Gasteiger partial charge in [-0.2, -0.15) is 0 Å². The Kier molecular flexibility index (Phi) is 2.24. The van der Waals surface area contributed by atoms with E-state index in [1.807, 2.05) is 0 Å². The van der Waals surface area contributed by atoms with Crippen molar-refractivity contribution in [2.24, 2.45) is 4.99 Å². The van der Waals surface area contributed by atoms with Crippen LogP contribution in [0.1, 0.15) is 31.4 Å². The molecule has 0 fully saturated rings. The van der Waals surface area contributed by atoms with Crippen molar-refractivity contribution in [3.63, 3.8) is 0 Å². The molecule has 1 heteroatoms. The summed E-state index contributed by atoms with van der Waals surface area (Å²) in [7, 11) is 0. The van der Waals surface area contributed by atoms with E-state index in [0.29, 0.717) is 0 Å². The Bertz CT molecular complexity index is 425. The third-order valence-electron chi connectivity index (χ3n) is 2.59. The highest BCUT2D eigenvalue weighted by atomic mass is 14.8. The summed E-state index contributed by atoms with van der Waals surface area (Å²) < 4.78 is 0.